The summed E-state index contributed by atoms with van der Waals surface area (Å²) in [6.45, 7) is 3.86. The van der Waals surface area contributed by atoms with Gasteiger partial charge in [-0.15, -0.1) is 10.2 Å². The number of hydrogen-bond acceptors (Lipinski definition) is 4. The highest BCUT2D eigenvalue weighted by Crippen LogP contribution is 2.16. The van der Waals surface area contributed by atoms with Crippen LogP contribution in [0.1, 0.15) is 24.3 Å². The second-order valence-corrected chi connectivity index (χ2v) is 3.48. The Balaban J connectivity index is 3.09. The first-order chi connectivity index (χ1) is 6.50. The van der Waals surface area contributed by atoms with Crippen molar-refractivity contribution < 1.29 is 4.79 Å². The Morgan fingerprint density at radius 1 is 1.57 bits per heavy atom. The lowest BCUT2D eigenvalue weighted by molar-refractivity contribution is 0.0995. The van der Waals surface area contributed by atoms with E-state index < -0.39 is 5.91 Å². The molecule has 1 heterocycles. The van der Waals surface area contributed by atoms with E-state index in [2.05, 4.69) is 15.5 Å². The summed E-state index contributed by atoms with van der Waals surface area (Å²) in [6, 6.07) is 1.68. The minimum absolute atomic E-state index is 0.100. The highest BCUT2D eigenvalue weighted by molar-refractivity contribution is 6.29. The van der Waals surface area contributed by atoms with E-state index in [1.165, 1.54) is 6.07 Å². The third kappa shape index (κ3) is 2.56. The van der Waals surface area contributed by atoms with Crippen molar-refractivity contribution in [1.82, 2.24) is 10.2 Å². The zero-order chi connectivity index (χ0) is 10.7. The predicted molar refractivity (Wildman–Crippen MR) is 54.3 cm³/mol. The fraction of sp³-hybridized carbons (Fsp3) is 0.375. The van der Waals surface area contributed by atoms with Crippen LogP contribution in [0.4, 0.5) is 5.69 Å². The van der Waals surface area contributed by atoms with Gasteiger partial charge in [0, 0.05) is 12.1 Å². The van der Waals surface area contributed by atoms with Crippen molar-refractivity contribution in [2.45, 2.75) is 19.9 Å². The lowest BCUT2D eigenvalue weighted by atomic mass is 10.3. The maximum atomic E-state index is 11.0. The van der Waals surface area contributed by atoms with Crippen LogP contribution in [-0.2, 0) is 0 Å². The largest absolute Gasteiger partial charge is 0.381 e. The summed E-state index contributed by atoms with van der Waals surface area (Å²) in [6.07, 6.45) is 0. The number of amides is 1. The van der Waals surface area contributed by atoms with E-state index in [0.29, 0.717) is 5.69 Å². The van der Waals surface area contributed by atoms with Gasteiger partial charge in [-0.1, -0.05) is 11.6 Å². The molecule has 0 aliphatic rings. The Bertz CT molecular complexity index is 353. The van der Waals surface area contributed by atoms with Crippen molar-refractivity contribution >= 4 is 23.2 Å². The first kappa shape index (κ1) is 10.7. The number of nitrogens with one attached hydrogen (secondary N) is 1. The first-order valence-corrected chi connectivity index (χ1v) is 4.48. The van der Waals surface area contributed by atoms with Crippen molar-refractivity contribution in [3.63, 3.8) is 0 Å². The van der Waals surface area contributed by atoms with Crippen LogP contribution in [0, 0.1) is 0 Å². The van der Waals surface area contributed by atoms with Crippen LogP contribution in [0.2, 0.25) is 5.15 Å². The van der Waals surface area contributed by atoms with Crippen LogP contribution in [0.25, 0.3) is 0 Å². The minimum atomic E-state index is -0.627. The molecule has 0 spiro atoms. The number of aromatic nitrogens is 2. The molecule has 0 saturated carbocycles. The van der Waals surface area contributed by atoms with Crippen molar-refractivity contribution in [2.75, 3.05) is 5.32 Å². The summed E-state index contributed by atoms with van der Waals surface area (Å²) in [7, 11) is 0. The van der Waals surface area contributed by atoms with E-state index in [0.717, 1.165) is 0 Å². The Labute approximate surface area is 86.7 Å². The molecule has 5 nitrogen and oxygen atoms in total. The van der Waals surface area contributed by atoms with Gasteiger partial charge in [-0.05, 0) is 13.8 Å². The van der Waals surface area contributed by atoms with E-state index in [-0.39, 0.29) is 16.9 Å². The Morgan fingerprint density at radius 3 is 2.71 bits per heavy atom. The molecular weight excluding hydrogens is 204 g/mol. The fourth-order valence-electron chi connectivity index (χ4n) is 0.971. The molecule has 0 bridgehead atoms. The average Bonchev–Trinajstić information content (AvgIpc) is 2.01. The number of halogens is 1. The highest BCUT2D eigenvalue weighted by atomic mass is 35.5. The molecule has 1 rings (SSSR count). The highest BCUT2D eigenvalue weighted by Gasteiger charge is 2.12. The van der Waals surface area contributed by atoms with Gasteiger partial charge >= 0.3 is 0 Å². The summed E-state index contributed by atoms with van der Waals surface area (Å²) in [4.78, 5) is 11.0. The molecule has 0 aliphatic carbocycles. The summed E-state index contributed by atoms with van der Waals surface area (Å²) in [5, 5.41) is 10.4. The number of rotatable bonds is 3. The standard InChI is InChI=1S/C8H11ClN4O/c1-4(2)11-5-3-6(9)12-13-7(5)8(10)14/h3-4H,1-2H3,(H2,10,14)(H,11,12). The van der Waals surface area contributed by atoms with Crippen molar-refractivity contribution in [3.8, 4) is 0 Å². The van der Waals surface area contributed by atoms with Gasteiger partial charge in [0.05, 0.1) is 5.69 Å². The number of carbonyl (C=O) groups excluding carboxylic acids is 1. The van der Waals surface area contributed by atoms with Crippen LogP contribution in [0.3, 0.4) is 0 Å². The lowest BCUT2D eigenvalue weighted by Gasteiger charge is -2.11. The van der Waals surface area contributed by atoms with Crippen molar-refractivity contribution in [3.05, 3.63) is 16.9 Å². The second-order valence-electron chi connectivity index (χ2n) is 3.09. The molecule has 3 N–H and O–H groups in total. The molecule has 14 heavy (non-hydrogen) atoms. The number of nitrogens with two attached hydrogens (primary N) is 1. The molecule has 1 aromatic rings. The van der Waals surface area contributed by atoms with Gasteiger partial charge < -0.3 is 11.1 Å². The van der Waals surface area contributed by atoms with Gasteiger partial charge in [-0.2, -0.15) is 0 Å². The van der Waals surface area contributed by atoms with Crippen molar-refractivity contribution in [1.29, 1.82) is 0 Å². The Hall–Kier alpha value is -1.36. The van der Waals surface area contributed by atoms with E-state index in [9.17, 15) is 4.79 Å². The van der Waals surface area contributed by atoms with Gasteiger partial charge in [0.2, 0.25) is 0 Å². The van der Waals surface area contributed by atoms with E-state index >= 15 is 0 Å². The summed E-state index contributed by atoms with van der Waals surface area (Å²) in [5.41, 5.74) is 5.72. The van der Waals surface area contributed by atoms with E-state index in [1.54, 1.807) is 0 Å². The molecule has 0 radical (unpaired) electrons. The van der Waals surface area contributed by atoms with Gasteiger partial charge in [0.15, 0.2) is 10.8 Å². The molecule has 6 heteroatoms. The Kier molecular flexibility index (Phi) is 3.24. The summed E-state index contributed by atoms with van der Waals surface area (Å²) in [5.74, 6) is -0.627. The van der Waals surface area contributed by atoms with Crippen LogP contribution in [0.5, 0.6) is 0 Å². The molecular formula is C8H11ClN4O. The summed E-state index contributed by atoms with van der Waals surface area (Å²) < 4.78 is 0. The molecule has 0 saturated heterocycles. The monoisotopic (exact) mass is 214 g/mol. The summed E-state index contributed by atoms with van der Waals surface area (Å²) >= 11 is 5.64. The van der Waals surface area contributed by atoms with Gasteiger partial charge in [-0.25, -0.2) is 0 Å². The molecule has 1 aromatic heterocycles. The van der Waals surface area contributed by atoms with Crippen molar-refractivity contribution in [2.24, 2.45) is 5.73 Å². The van der Waals surface area contributed by atoms with Gasteiger partial charge in [0.1, 0.15) is 0 Å². The molecule has 1 amide bonds. The number of primary amides is 1. The maximum Gasteiger partial charge on any atom is 0.271 e. The van der Waals surface area contributed by atoms with Crippen LogP contribution in [0.15, 0.2) is 6.07 Å². The van der Waals surface area contributed by atoms with Gasteiger partial charge in [0.25, 0.3) is 5.91 Å². The smallest absolute Gasteiger partial charge is 0.271 e. The number of carbonyl (C=O) groups is 1. The second kappa shape index (κ2) is 4.23. The third-order valence-corrected chi connectivity index (χ3v) is 1.63. The molecule has 0 aromatic carbocycles. The quantitative estimate of drug-likeness (QED) is 0.788. The maximum absolute atomic E-state index is 11.0. The number of hydrogen-bond donors (Lipinski definition) is 2. The average molecular weight is 215 g/mol. The minimum Gasteiger partial charge on any atom is -0.381 e. The predicted octanol–water partition coefficient (Wildman–Crippen LogP) is 1.05. The number of nitrogens with zero attached hydrogens (tertiary/aromatic N) is 2. The topological polar surface area (TPSA) is 80.9 Å². The first-order valence-electron chi connectivity index (χ1n) is 4.10. The molecule has 0 atom stereocenters. The van der Waals surface area contributed by atoms with E-state index in [4.69, 9.17) is 17.3 Å². The molecule has 0 fully saturated rings. The van der Waals surface area contributed by atoms with Gasteiger partial charge in [-0.3, -0.25) is 4.79 Å². The van der Waals surface area contributed by atoms with Crippen LogP contribution < -0.4 is 11.1 Å². The SMILES string of the molecule is CC(C)Nc1cc(Cl)nnc1C(N)=O. The normalized spacial score (nSPS) is 10.3. The van der Waals surface area contributed by atoms with Crippen LogP contribution in [-0.4, -0.2) is 22.1 Å². The molecule has 76 valence electrons. The Morgan fingerprint density at radius 2 is 2.21 bits per heavy atom. The zero-order valence-electron chi connectivity index (χ0n) is 7.91. The third-order valence-electron chi connectivity index (χ3n) is 1.44. The molecule has 0 aliphatic heterocycles. The van der Waals surface area contributed by atoms with E-state index in [1.807, 2.05) is 13.8 Å². The molecule has 0 unspecified atom stereocenters. The number of anilines is 1. The lowest BCUT2D eigenvalue weighted by Crippen LogP contribution is -2.19. The fourth-order valence-corrected chi connectivity index (χ4v) is 1.12. The zero-order valence-corrected chi connectivity index (χ0v) is 8.67. The van der Waals surface area contributed by atoms with Crippen LogP contribution >= 0.6 is 11.6 Å².